The van der Waals surface area contributed by atoms with Crippen molar-refractivity contribution < 1.29 is 9.47 Å². The van der Waals surface area contributed by atoms with Crippen LogP contribution in [0.5, 0.6) is 0 Å². The van der Waals surface area contributed by atoms with Crippen molar-refractivity contribution in [3.63, 3.8) is 0 Å². The molecule has 1 aliphatic carbocycles. The molecule has 1 aromatic carbocycles. The second kappa shape index (κ2) is 6.43. The normalized spacial score (nSPS) is 23.6. The SMILES string of the molecule is CC(NC1CCC2(CC1)OCCO2)c1ccc(Cl)c(Cl)c1. The molecule has 1 N–H and O–H groups in total. The zero-order valence-corrected chi connectivity index (χ0v) is 13.7. The average Bonchev–Trinajstić information content (AvgIpc) is 2.93. The Morgan fingerprint density at radius 3 is 2.43 bits per heavy atom. The summed E-state index contributed by atoms with van der Waals surface area (Å²) in [6.07, 6.45) is 4.09. The highest BCUT2D eigenvalue weighted by Gasteiger charge is 2.40. The van der Waals surface area contributed by atoms with E-state index in [4.69, 9.17) is 32.7 Å². The Bertz CT molecular complexity index is 493. The summed E-state index contributed by atoms with van der Waals surface area (Å²) < 4.78 is 11.5. The molecule has 2 aliphatic rings. The van der Waals surface area contributed by atoms with Gasteiger partial charge in [0.05, 0.1) is 23.3 Å². The molecular formula is C16H21Cl2NO2. The third-order valence-corrected chi connectivity index (χ3v) is 5.23. The van der Waals surface area contributed by atoms with Gasteiger partial charge in [0.2, 0.25) is 0 Å². The lowest BCUT2D eigenvalue weighted by Gasteiger charge is -2.36. The van der Waals surface area contributed by atoms with Gasteiger partial charge in [-0.15, -0.1) is 0 Å². The summed E-state index contributed by atoms with van der Waals surface area (Å²) >= 11 is 12.1. The zero-order chi connectivity index (χ0) is 14.9. The molecule has 1 saturated heterocycles. The molecule has 116 valence electrons. The molecule has 0 bridgehead atoms. The van der Waals surface area contributed by atoms with E-state index in [0.717, 1.165) is 44.5 Å². The van der Waals surface area contributed by atoms with Gasteiger partial charge in [0.15, 0.2) is 5.79 Å². The van der Waals surface area contributed by atoms with Gasteiger partial charge in [-0.3, -0.25) is 0 Å². The Morgan fingerprint density at radius 2 is 1.81 bits per heavy atom. The van der Waals surface area contributed by atoms with Crippen molar-refractivity contribution >= 4 is 23.2 Å². The first-order chi connectivity index (χ1) is 10.1. The van der Waals surface area contributed by atoms with E-state index in [2.05, 4.69) is 12.2 Å². The highest BCUT2D eigenvalue weighted by atomic mass is 35.5. The maximum Gasteiger partial charge on any atom is 0.168 e. The molecule has 3 rings (SSSR count). The molecule has 3 nitrogen and oxygen atoms in total. The standard InChI is InChI=1S/C16H21Cl2NO2/c1-11(12-2-3-14(17)15(18)10-12)19-13-4-6-16(7-5-13)20-8-9-21-16/h2-3,10-11,13,19H,4-9H2,1H3. The summed E-state index contributed by atoms with van der Waals surface area (Å²) in [5.41, 5.74) is 1.16. The van der Waals surface area contributed by atoms with Gasteiger partial charge in [-0.25, -0.2) is 0 Å². The monoisotopic (exact) mass is 329 g/mol. The molecule has 1 aromatic rings. The Morgan fingerprint density at radius 1 is 1.14 bits per heavy atom. The Labute approximate surface area is 135 Å². The number of halogens is 2. The molecule has 1 atom stereocenters. The fraction of sp³-hybridized carbons (Fsp3) is 0.625. The summed E-state index contributed by atoms with van der Waals surface area (Å²) in [4.78, 5) is 0. The summed E-state index contributed by atoms with van der Waals surface area (Å²) in [6, 6.07) is 6.57. The second-order valence-electron chi connectivity index (χ2n) is 5.94. The topological polar surface area (TPSA) is 30.5 Å². The molecular weight excluding hydrogens is 309 g/mol. The fourth-order valence-electron chi connectivity index (χ4n) is 3.24. The molecule has 1 unspecified atom stereocenters. The lowest BCUT2D eigenvalue weighted by Crippen LogP contribution is -2.42. The third kappa shape index (κ3) is 3.54. The fourth-order valence-corrected chi connectivity index (χ4v) is 3.55. The zero-order valence-electron chi connectivity index (χ0n) is 12.2. The molecule has 1 spiro atoms. The van der Waals surface area contributed by atoms with Gasteiger partial charge in [-0.2, -0.15) is 0 Å². The van der Waals surface area contributed by atoms with Crippen LogP contribution in [0.25, 0.3) is 0 Å². The van der Waals surface area contributed by atoms with Gasteiger partial charge in [0, 0.05) is 24.9 Å². The van der Waals surface area contributed by atoms with Crippen LogP contribution in [0.2, 0.25) is 10.0 Å². The number of benzene rings is 1. The maximum absolute atomic E-state index is 6.09. The van der Waals surface area contributed by atoms with Crippen LogP contribution in [0.3, 0.4) is 0 Å². The van der Waals surface area contributed by atoms with E-state index in [9.17, 15) is 0 Å². The van der Waals surface area contributed by atoms with Crippen molar-refractivity contribution in [2.24, 2.45) is 0 Å². The van der Waals surface area contributed by atoms with Crippen molar-refractivity contribution in [1.29, 1.82) is 0 Å². The molecule has 0 aromatic heterocycles. The summed E-state index contributed by atoms with van der Waals surface area (Å²) in [7, 11) is 0. The highest BCUT2D eigenvalue weighted by molar-refractivity contribution is 6.42. The molecule has 1 aliphatic heterocycles. The van der Waals surface area contributed by atoms with Crippen LogP contribution >= 0.6 is 23.2 Å². The quantitative estimate of drug-likeness (QED) is 0.895. The van der Waals surface area contributed by atoms with Gasteiger partial charge in [-0.05, 0) is 37.5 Å². The van der Waals surface area contributed by atoms with Gasteiger partial charge < -0.3 is 14.8 Å². The van der Waals surface area contributed by atoms with Gasteiger partial charge in [-0.1, -0.05) is 29.3 Å². The summed E-state index contributed by atoms with van der Waals surface area (Å²) in [6.45, 7) is 3.63. The third-order valence-electron chi connectivity index (χ3n) is 4.49. The van der Waals surface area contributed by atoms with Crippen molar-refractivity contribution in [1.82, 2.24) is 5.32 Å². The van der Waals surface area contributed by atoms with Crippen LogP contribution in [0.4, 0.5) is 0 Å². The van der Waals surface area contributed by atoms with Crippen molar-refractivity contribution in [2.75, 3.05) is 13.2 Å². The van der Waals surface area contributed by atoms with Crippen molar-refractivity contribution in [3.8, 4) is 0 Å². The second-order valence-corrected chi connectivity index (χ2v) is 6.76. The van der Waals surface area contributed by atoms with E-state index < -0.39 is 0 Å². The molecule has 0 amide bonds. The van der Waals surface area contributed by atoms with Crippen LogP contribution < -0.4 is 5.32 Å². The first kappa shape index (κ1) is 15.6. The highest BCUT2D eigenvalue weighted by Crippen LogP contribution is 2.36. The Balaban J connectivity index is 1.56. The van der Waals surface area contributed by atoms with Crippen molar-refractivity contribution in [3.05, 3.63) is 33.8 Å². The minimum absolute atomic E-state index is 0.254. The number of hydrogen-bond donors (Lipinski definition) is 1. The largest absolute Gasteiger partial charge is 0.348 e. The molecule has 21 heavy (non-hydrogen) atoms. The lowest BCUT2D eigenvalue weighted by atomic mass is 9.89. The molecule has 1 heterocycles. The Hall–Kier alpha value is -0.320. The average molecular weight is 330 g/mol. The summed E-state index contributed by atoms with van der Waals surface area (Å²) in [5, 5.41) is 4.88. The van der Waals surface area contributed by atoms with E-state index in [1.54, 1.807) is 0 Å². The van der Waals surface area contributed by atoms with Crippen LogP contribution in [-0.4, -0.2) is 25.0 Å². The van der Waals surface area contributed by atoms with E-state index in [1.165, 1.54) is 0 Å². The number of nitrogens with one attached hydrogen (secondary N) is 1. The minimum atomic E-state index is -0.287. The molecule has 1 saturated carbocycles. The van der Waals surface area contributed by atoms with Crippen LogP contribution in [0.1, 0.15) is 44.2 Å². The molecule has 5 heteroatoms. The van der Waals surface area contributed by atoms with Crippen LogP contribution in [-0.2, 0) is 9.47 Å². The molecule has 2 fully saturated rings. The minimum Gasteiger partial charge on any atom is -0.348 e. The summed E-state index contributed by atoms with van der Waals surface area (Å²) in [5.74, 6) is -0.287. The lowest BCUT2D eigenvalue weighted by molar-refractivity contribution is -0.179. The first-order valence-corrected chi connectivity index (χ1v) is 8.32. The van der Waals surface area contributed by atoms with Crippen LogP contribution in [0.15, 0.2) is 18.2 Å². The predicted octanol–water partition coefficient (Wildman–Crippen LogP) is 4.33. The van der Waals surface area contributed by atoms with Gasteiger partial charge >= 0.3 is 0 Å². The maximum atomic E-state index is 6.09. The first-order valence-electron chi connectivity index (χ1n) is 7.57. The number of rotatable bonds is 3. The van der Waals surface area contributed by atoms with E-state index in [-0.39, 0.29) is 11.8 Å². The smallest absolute Gasteiger partial charge is 0.168 e. The number of hydrogen-bond acceptors (Lipinski definition) is 3. The van der Waals surface area contributed by atoms with E-state index in [0.29, 0.717) is 16.1 Å². The van der Waals surface area contributed by atoms with Crippen LogP contribution in [0, 0.1) is 0 Å². The molecule has 0 radical (unpaired) electrons. The Kier molecular flexibility index (Phi) is 4.77. The van der Waals surface area contributed by atoms with Crippen molar-refractivity contribution in [2.45, 2.75) is 50.5 Å². The van der Waals surface area contributed by atoms with E-state index in [1.807, 2.05) is 18.2 Å². The van der Waals surface area contributed by atoms with Gasteiger partial charge in [0.1, 0.15) is 0 Å². The van der Waals surface area contributed by atoms with Gasteiger partial charge in [0.25, 0.3) is 0 Å². The van der Waals surface area contributed by atoms with E-state index >= 15 is 0 Å². The predicted molar refractivity (Wildman–Crippen MR) is 84.9 cm³/mol. The number of ether oxygens (including phenoxy) is 2.